The van der Waals surface area contributed by atoms with Crippen molar-refractivity contribution < 1.29 is 9.53 Å². The molecule has 0 aromatic carbocycles. The number of nitrogens with zero attached hydrogens (tertiary/aromatic N) is 2. The highest BCUT2D eigenvalue weighted by Crippen LogP contribution is 2.04. The summed E-state index contributed by atoms with van der Waals surface area (Å²) >= 11 is 0. The van der Waals surface area contributed by atoms with E-state index in [1.54, 1.807) is 12.4 Å². The smallest absolute Gasteiger partial charge is 0.316 e. The van der Waals surface area contributed by atoms with E-state index in [1.807, 2.05) is 13.8 Å². The van der Waals surface area contributed by atoms with Crippen LogP contribution in [0.25, 0.3) is 0 Å². The first kappa shape index (κ1) is 12.4. The minimum absolute atomic E-state index is 0.0471. The van der Waals surface area contributed by atoms with E-state index in [9.17, 15) is 4.79 Å². The average molecular weight is 223 g/mol. The number of carbonyl (C=O) groups excluding carboxylic acids is 1. The van der Waals surface area contributed by atoms with Crippen molar-refractivity contribution in [3.63, 3.8) is 0 Å². The predicted octanol–water partition coefficient (Wildman–Crippen LogP) is 0.942. The van der Waals surface area contributed by atoms with Gasteiger partial charge in [-0.15, -0.1) is 0 Å². The molecule has 0 fully saturated rings. The number of rotatable bonds is 5. The first-order chi connectivity index (χ1) is 7.61. The number of aryl methyl sites for hydroxylation is 1. The van der Waals surface area contributed by atoms with Crippen LogP contribution in [-0.4, -0.2) is 29.0 Å². The van der Waals surface area contributed by atoms with Crippen LogP contribution in [0.1, 0.15) is 25.8 Å². The monoisotopic (exact) mass is 223 g/mol. The highest BCUT2D eigenvalue weighted by atomic mass is 16.5. The van der Waals surface area contributed by atoms with Crippen LogP contribution in [-0.2, 0) is 11.2 Å². The molecule has 0 saturated carbocycles. The molecule has 5 nitrogen and oxygen atoms in total. The third-order valence-corrected chi connectivity index (χ3v) is 1.95. The lowest BCUT2D eigenvalue weighted by atomic mass is 10.2. The maximum absolute atomic E-state index is 11.4. The molecular weight excluding hydrogens is 206 g/mol. The fourth-order valence-electron chi connectivity index (χ4n) is 1.23. The van der Waals surface area contributed by atoms with Crippen LogP contribution in [0.2, 0.25) is 0 Å². The van der Waals surface area contributed by atoms with Gasteiger partial charge >= 0.3 is 6.01 Å². The topological polar surface area (TPSA) is 64.1 Å². The van der Waals surface area contributed by atoms with Crippen LogP contribution in [0.3, 0.4) is 0 Å². The first-order valence-electron chi connectivity index (χ1n) is 5.26. The maximum Gasteiger partial charge on any atom is 0.316 e. The summed E-state index contributed by atoms with van der Waals surface area (Å²) in [4.78, 5) is 19.3. The fraction of sp³-hybridized carbons (Fsp3) is 0.545. The summed E-state index contributed by atoms with van der Waals surface area (Å²) in [5.41, 5.74) is 0.930. The van der Waals surface area contributed by atoms with Crippen LogP contribution in [0, 0.1) is 0 Å². The molecule has 1 amide bonds. The maximum atomic E-state index is 11.4. The van der Waals surface area contributed by atoms with Crippen molar-refractivity contribution >= 4 is 5.91 Å². The van der Waals surface area contributed by atoms with Gasteiger partial charge in [0.25, 0.3) is 0 Å². The molecule has 1 N–H and O–H groups in total. The number of ether oxygens (including phenoxy) is 1. The van der Waals surface area contributed by atoms with Gasteiger partial charge in [-0.1, -0.05) is 0 Å². The molecule has 0 saturated heterocycles. The lowest BCUT2D eigenvalue weighted by molar-refractivity contribution is -0.121. The van der Waals surface area contributed by atoms with Crippen molar-refractivity contribution in [1.29, 1.82) is 0 Å². The standard InChI is InChI=1S/C11H17N3O2/c1-8(2)14-10(15)5-4-9-6-12-11(16-3)13-7-9/h6-8H,4-5H2,1-3H3,(H,14,15). The number of methoxy groups -OCH3 is 1. The Morgan fingerprint density at radius 2 is 2.06 bits per heavy atom. The van der Waals surface area contributed by atoms with E-state index >= 15 is 0 Å². The van der Waals surface area contributed by atoms with Gasteiger partial charge in [-0.2, -0.15) is 0 Å². The molecular formula is C11H17N3O2. The van der Waals surface area contributed by atoms with Crippen molar-refractivity contribution in [2.45, 2.75) is 32.7 Å². The van der Waals surface area contributed by atoms with Gasteiger partial charge < -0.3 is 10.1 Å². The average Bonchev–Trinajstić information content (AvgIpc) is 2.26. The predicted molar refractivity (Wildman–Crippen MR) is 60.2 cm³/mol. The van der Waals surface area contributed by atoms with Crippen LogP contribution in [0.15, 0.2) is 12.4 Å². The lowest BCUT2D eigenvalue weighted by Crippen LogP contribution is -2.30. The number of aromatic nitrogens is 2. The summed E-state index contributed by atoms with van der Waals surface area (Å²) in [6.07, 6.45) is 4.44. The van der Waals surface area contributed by atoms with Gasteiger partial charge in [0.2, 0.25) is 5.91 Å². The minimum Gasteiger partial charge on any atom is -0.467 e. The normalized spacial score (nSPS) is 10.2. The molecule has 1 rings (SSSR count). The largest absolute Gasteiger partial charge is 0.467 e. The van der Waals surface area contributed by atoms with Crippen LogP contribution in [0.5, 0.6) is 6.01 Å². The van der Waals surface area contributed by atoms with Crippen LogP contribution in [0.4, 0.5) is 0 Å². The first-order valence-corrected chi connectivity index (χ1v) is 5.26. The number of nitrogens with one attached hydrogen (secondary N) is 1. The van der Waals surface area contributed by atoms with Crippen LogP contribution < -0.4 is 10.1 Å². The van der Waals surface area contributed by atoms with Crippen molar-refractivity contribution in [1.82, 2.24) is 15.3 Å². The zero-order chi connectivity index (χ0) is 12.0. The Morgan fingerprint density at radius 1 is 1.44 bits per heavy atom. The quantitative estimate of drug-likeness (QED) is 0.807. The van der Waals surface area contributed by atoms with Gasteiger partial charge in [0, 0.05) is 24.9 Å². The summed E-state index contributed by atoms with van der Waals surface area (Å²) in [6.45, 7) is 3.88. The molecule has 0 spiro atoms. The molecule has 5 heteroatoms. The van der Waals surface area contributed by atoms with E-state index < -0.39 is 0 Å². The van der Waals surface area contributed by atoms with Gasteiger partial charge in [-0.05, 0) is 25.8 Å². The van der Waals surface area contributed by atoms with E-state index in [0.29, 0.717) is 18.9 Å². The third kappa shape index (κ3) is 4.25. The number of hydrogen-bond acceptors (Lipinski definition) is 4. The molecule has 0 atom stereocenters. The lowest BCUT2D eigenvalue weighted by Gasteiger charge is -2.07. The molecule has 16 heavy (non-hydrogen) atoms. The second-order valence-corrected chi connectivity index (χ2v) is 3.80. The Labute approximate surface area is 95.3 Å². The highest BCUT2D eigenvalue weighted by Gasteiger charge is 2.04. The van der Waals surface area contributed by atoms with E-state index in [1.165, 1.54) is 7.11 Å². The Kier molecular flexibility index (Phi) is 4.69. The SMILES string of the molecule is COc1ncc(CCC(=O)NC(C)C)cn1. The Hall–Kier alpha value is -1.65. The molecule has 0 unspecified atom stereocenters. The summed E-state index contributed by atoms with van der Waals surface area (Å²) < 4.78 is 4.85. The van der Waals surface area contributed by atoms with E-state index in [4.69, 9.17) is 4.74 Å². The Bertz CT molecular complexity index is 336. The molecule has 0 aliphatic rings. The number of hydrogen-bond donors (Lipinski definition) is 1. The molecule has 0 aliphatic carbocycles. The Balaban J connectivity index is 2.39. The summed E-state index contributed by atoms with van der Waals surface area (Å²) in [5, 5.41) is 2.83. The number of carbonyl (C=O) groups is 1. The van der Waals surface area contributed by atoms with Gasteiger partial charge in [-0.25, -0.2) is 9.97 Å². The van der Waals surface area contributed by atoms with E-state index in [2.05, 4.69) is 15.3 Å². The minimum atomic E-state index is 0.0471. The van der Waals surface area contributed by atoms with Gasteiger partial charge in [0.1, 0.15) is 0 Å². The molecule has 0 bridgehead atoms. The van der Waals surface area contributed by atoms with E-state index in [0.717, 1.165) is 5.56 Å². The fourth-order valence-corrected chi connectivity index (χ4v) is 1.23. The van der Waals surface area contributed by atoms with Crippen molar-refractivity contribution in [3.05, 3.63) is 18.0 Å². The highest BCUT2D eigenvalue weighted by molar-refractivity contribution is 5.76. The van der Waals surface area contributed by atoms with Crippen molar-refractivity contribution in [3.8, 4) is 6.01 Å². The zero-order valence-corrected chi connectivity index (χ0v) is 9.86. The third-order valence-electron chi connectivity index (χ3n) is 1.95. The number of amides is 1. The summed E-state index contributed by atoms with van der Waals surface area (Å²) in [7, 11) is 1.52. The molecule has 1 heterocycles. The summed E-state index contributed by atoms with van der Waals surface area (Å²) in [5.74, 6) is 0.0471. The Morgan fingerprint density at radius 3 is 2.56 bits per heavy atom. The molecule has 1 aromatic rings. The zero-order valence-electron chi connectivity index (χ0n) is 9.86. The second kappa shape index (κ2) is 6.05. The van der Waals surface area contributed by atoms with Gasteiger partial charge in [0.15, 0.2) is 0 Å². The van der Waals surface area contributed by atoms with Gasteiger partial charge in [0.05, 0.1) is 7.11 Å². The van der Waals surface area contributed by atoms with Crippen molar-refractivity contribution in [2.75, 3.05) is 7.11 Å². The molecule has 1 aromatic heterocycles. The summed E-state index contributed by atoms with van der Waals surface area (Å²) in [6, 6.07) is 0.523. The molecule has 88 valence electrons. The van der Waals surface area contributed by atoms with E-state index in [-0.39, 0.29) is 11.9 Å². The van der Waals surface area contributed by atoms with Crippen LogP contribution >= 0.6 is 0 Å². The molecule has 0 radical (unpaired) electrons. The van der Waals surface area contributed by atoms with Gasteiger partial charge in [-0.3, -0.25) is 4.79 Å². The second-order valence-electron chi connectivity index (χ2n) is 3.80. The van der Waals surface area contributed by atoms with Crippen molar-refractivity contribution in [2.24, 2.45) is 0 Å². The molecule has 0 aliphatic heterocycles.